The molecule has 1 saturated carbocycles. The van der Waals surface area contributed by atoms with Crippen molar-refractivity contribution in [1.82, 2.24) is 9.80 Å². The molecule has 2 aromatic rings. The first-order valence-corrected chi connectivity index (χ1v) is 9.68. The van der Waals surface area contributed by atoms with Crippen molar-refractivity contribution in [2.24, 2.45) is 0 Å². The minimum atomic E-state index is -4.54. The van der Waals surface area contributed by atoms with Crippen molar-refractivity contribution >= 4 is 5.91 Å². The number of nitrogens with zero attached hydrogens (tertiary/aromatic N) is 2. The van der Waals surface area contributed by atoms with Gasteiger partial charge in [-0.15, -0.1) is 0 Å². The number of hydrogen-bond donors (Lipinski definition) is 0. The third-order valence-electron chi connectivity index (χ3n) is 5.62. The number of rotatable bonds is 4. The lowest BCUT2D eigenvalue weighted by molar-refractivity contribution is -0.138. The Morgan fingerprint density at radius 3 is 2.32 bits per heavy atom. The van der Waals surface area contributed by atoms with Crippen molar-refractivity contribution in [3.8, 4) is 0 Å². The molecule has 1 unspecified atom stereocenters. The lowest BCUT2D eigenvalue weighted by Gasteiger charge is -2.42. The van der Waals surface area contributed by atoms with E-state index in [9.17, 15) is 18.0 Å². The number of carbonyl (C=O) groups excluding carboxylic acids is 1. The van der Waals surface area contributed by atoms with E-state index in [1.807, 2.05) is 30.3 Å². The average Bonchev–Trinajstić information content (AvgIpc) is 3.53. The van der Waals surface area contributed by atoms with Gasteiger partial charge in [0.05, 0.1) is 11.1 Å². The van der Waals surface area contributed by atoms with Crippen LogP contribution in [-0.2, 0) is 12.6 Å². The summed E-state index contributed by atoms with van der Waals surface area (Å²) in [6.07, 6.45) is -1.56. The maximum Gasteiger partial charge on any atom is 0.417 e. The van der Waals surface area contributed by atoms with Gasteiger partial charge in [-0.05, 0) is 37.0 Å². The van der Waals surface area contributed by atoms with Crippen LogP contribution in [0.1, 0.15) is 34.3 Å². The van der Waals surface area contributed by atoms with Crippen LogP contribution in [0.2, 0.25) is 0 Å². The molecule has 4 rings (SSSR count). The van der Waals surface area contributed by atoms with E-state index in [0.717, 1.165) is 18.2 Å². The van der Waals surface area contributed by atoms with E-state index < -0.39 is 17.6 Å². The number of amides is 1. The Labute approximate surface area is 162 Å². The van der Waals surface area contributed by atoms with Crippen LogP contribution in [0.5, 0.6) is 0 Å². The molecular weight excluding hydrogens is 365 g/mol. The third-order valence-corrected chi connectivity index (χ3v) is 5.62. The van der Waals surface area contributed by atoms with Gasteiger partial charge in [0.15, 0.2) is 0 Å². The smallest absolute Gasteiger partial charge is 0.333 e. The number of piperazine rings is 1. The minimum absolute atomic E-state index is 0.134. The predicted octanol–water partition coefficient (Wildman–Crippen LogP) is 4.24. The first-order chi connectivity index (χ1) is 13.4. The first kappa shape index (κ1) is 19.0. The molecule has 2 fully saturated rings. The SMILES string of the molecule is O=C(c1ccccc1C(F)(F)F)N1CCN(C2CC2)CC1Cc1ccccc1. The van der Waals surface area contributed by atoms with Gasteiger partial charge in [-0.3, -0.25) is 9.69 Å². The standard InChI is InChI=1S/C22H23F3N2O/c23-22(24,25)20-9-5-4-8-19(20)21(28)27-13-12-26(17-10-11-17)15-18(27)14-16-6-2-1-3-7-16/h1-9,17-18H,10-15H2. The van der Waals surface area contributed by atoms with E-state index in [1.165, 1.54) is 31.0 Å². The van der Waals surface area contributed by atoms with E-state index in [2.05, 4.69) is 4.90 Å². The molecule has 3 nitrogen and oxygen atoms in total. The Balaban J connectivity index is 1.61. The van der Waals surface area contributed by atoms with Crippen LogP contribution >= 0.6 is 0 Å². The highest BCUT2D eigenvalue weighted by Crippen LogP contribution is 2.34. The van der Waals surface area contributed by atoms with Gasteiger partial charge in [0, 0.05) is 31.7 Å². The molecule has 0 aromatic heterocycles. The fourth-order valence-electron chi connectivity index (χ4n) is 4.05. The quantitative estimate of drug-likeness (QED) is 0.782. The van der Waals surface area contributed by atoms with E-state index >= 15 is 0 Å². The van der Waals surface area contributed by atoms with E-state index in [-0.39, 0.29) is 11.6 Å². The maximum absolute atomic E-state index is 13.4. The molecule has 6 heteroatoms. The molecule has 1 aliphatic heterocycles. The Morgan fingerprint density at radius 2 is 1.64 bits per heavy atom. The van der Waals surface area contributed by atoms with Gasteiger partial charge < -0.3 is 4.90 Å². The maximum atomic E-state index is 13.4. The fraction of sp³-hybridized carbons (Fsp3) is 0.409. The van der Waals surface area contributed by atoms with Crippen LogP contribution in [0.15, 0.2) is 54.6 Å². The molecule has 0 radical (unpaired) electrons. The molecule has 0 N–H and O–H groups in total. The molecule has 0 spiro atoms. The van der Waals surface area contributed by atoms with Crippen LogP contribution in [0.25, 0.3) is 0 Å². The Hall–Kier alpha value is -2.34. The molecule has 1 heterocycles. The lowest BCUT2D eigenvalue weighted by atomic mass is 9.99. The second-order valence-electron chi connectivity index (χ2n) is 7.61. The van der Waals surface area contributed by atoms with E-state index in [1.54, 1.807) is 4.90 Å². The topological polar surface area (TPSA) is 23.6 Å². The van der Waals surface area contributed by atoms with Gasteiger partial charge >= 0.3 is 6.18 Å². The number of carbonyl (C=O) groups is 1. The van der Waals surface area contributed by atoms with Gasteiger partial charge in [-0.1, -0.05) is 42.5 Å². The van der Waals surface area contributed by atoms with E-state index in [4.69, 9.17) is 0 Å². The summed E-state index contributed by atoms with van der Waals surface area (Å²) in [5.41, 5.74) is -0.0249. The summed E-state index contributed by atoms with van der Waals surface area (Å²) in [6.45, 7) is 1.88. The second kappa shape index (κ2) is 7.59. The van der Waals surface area contributed by atoms with Gasteiger partial charge in [0.1, 0.15) is 0 Å². The summed E-state index contributed by atoms with van der Waals surface area (Å²) in [4.78, 5) is 17.2. The third kappa shape index (κ3) is 4.07. The number of hydrogen-bond acceptors (Lipinski definition) is 2. The Morgan fingerprint density at radius 1 is 0.964 bits per heavy atom. The molecule has 148 valence electrons. The van der Waals surface area contributed by atoms with Crippen molar-refractivity contribution in [3.63, 3.8) is 0 Å². The van der Waals surface area contributed by atoms with Crippen molar-refractivity contribution in [1.29, 1.82) is 0 Å². The number of alkyl halides is 3. The van der Waals surface area contributed by atoms with Crippen molar-refractivity contribution in [2.45, 2.75) is 37.5 Å². The van der Waals surface area contributed by atoms with Gasteiger partial charge in [-0.2, -0.15) is 13.2 Å². The van der Waals surface area contributed by atoms with Crippen LogP contribution in [0.3, 0.4) is 0 Å². The number of halogens is 3. The van der Waals surface area contributed by atoms with E-state index in [0.29, 0.717) is 25.6 Å². The molecule has 1 atom stereocenters. The van der Waals surface area contributed by atoms with Gasteiger partial charge in [0.25, 0.3) is 5.91 Å². The molecule has 1 aliphatic carbocycles. The van der Waals surface area contributed by atoms with Crippen molar-refractivity contribution in [2.75, 3.05) is 19.6 Å². The molecule has 28 heavy (non-hydrogen) atoms. The average molecular weight is 388 g/mol. The zero-order valence-corrected chi connectivity index (χ0v) is 15.5. The highest BCUT2D eigenvalue weighted by atomic mass is 19.4. The molecule has 1 saturated heterocycles. The Kier molecular flexibility index (Phi) is 5.15. The van der Waals surface area contributed by atoms with Crippen molar-refractivity contribution in [3.05, 3.63) is 71.3 Å². The van der Waals surface area contributed by atoms with Crippen LogP contribution < -0.4 is 0 Å². The summed E-state index contributed by atoms with van der Waals surface area (Å²) < 4.78 is 40.3. The van der Waals surface area contributed by atoms with Crippen LogP contribution in [-0.4, -0.2) is 47.4 Å². The largest absolute Gasteiger partial charge is 0.417 e. The molecule has 2 aliphatic rings. The molecule has 2 aromatic carbocycles. The summed E-state index contributed by atoms with van der Waals surface area (Å²) >= 11 is 0. The fourth-order valence-corrected chi connectivity index (χ4v) is 4.05. The van der Waals surface area contributed by atoms with Crippen molar-refractivity contribution < 1.29 is 18.0 Å². The van der Waals surface area contributed by atoms with Gasteiger partial charge in [-0.25, -0.2) is 0 Å². The zero-order chi connectivity index (χ0) is 19.7. The normalized spacial score (nSPS) is 21.0. The summed E-state index contributed by atoms with van der Waals surface area (Å²) in [6, 6.07) is 15.4. The zero-order valence-electron chi connectivity index (χ0n) is 15.5. The highest BCUT2D eigenvalue weighted by molar-refractivity contribution is 5.96. The molecule has 0 bridgehead atoms. The minimum Gasteiger partial charge on any atom is -0.333 e. The lowest BCUT2D eigenvalue weighted by Crippen LogP contribution is -2.56. The van der Waals surface area contributed by atoms with Crippen LogP contribution in [0.4, 0.5) is 13.2 Å². The second-order valence-corrected chi connectivity index (χ2v) is 7.61. The van der Waals surface area contributed by atoms with Crippen LogP contribution in [0, 0.1) is 0 Å². The summed E-state index contributed by atoms with van der Waals surface area (Å²) in [7, 11) is 0. The molecule has 1 amide bonds. The number of benzene rings is 2. The highest BCUT2D eigenvalue weighted by Gasteiger charge is 2.40. The van der Waals surface area contributed by atoms with Gasteiger partial charge in [0.2, 0.25) is 0 Å². The Bertz CT molecular complexity index is 833. The first-order valence-electron chi connectivity index (χ1n) is 9.68. The molecular formula is C22H23F3N2O. The predicted molar refractivity (Wildman–Crippen MR) is 101 cm³/mol. The summed E-state index contributed by atoms with van der Waals surface area (Å²) in [5, 5.41) is 0. The summed E-state index contributed by atoms with van der Waals surface area (Å²) in [5.74, 6) is -0.524. The monoisotopic (exact) mass is 388 g/mol.